The van der Waals surface area contributed by atoms with Gasteiger partial charge in [0.15, 0.2) is 0 Å². The van der Waals surface area contributed by atoms with Gasteiger partial charge in [0, 0.05) is 0 Å². The Hall–Kier alpha value is -2.63. The van der Waals surface area contributed by atoms with Gasteiger partial charge in [0.1, 0.15) is 11.3 Å². The van der Waals surface area contributed by atoms with E-state index in [0.29, 0.717) is 12.3 Å². The van der Waals surface area contributed by atoms with Gasteiger partial charge in [-0.2, -0.15) is 0 Å². The van der Waals surface area contributed by atoms with Gasteiger partial charge in [-0.25, -0.2) is 9.78 Å². The van der Waals surface area contributed by atoms with Crippen molar-refractivity contribution in [3.8, 4) is 17.1 Å². The second-order valence-electron chi connectivity index (χ2n) is 7.48. The van der Waals surface area contributed by atoms with Gasteiger partial charge in [0.2, 0.25) is 0 Å². The molecule has 0 saturated heterocycles. The molecule has 0 spiro atoms. The number of fused-ring (bicyclic) bond motifs is 3. The van der Waals surface area contributed by atoms with Crippen molar-refractivity contribution in [3.05, 3.63) is 44.9 Å². The zero-order valence-electron chi connectivity index (χ0n) is 16.3. The molecule has 0 radical (unpaired) electrons. The van der Waals surface area contributed by atoms with Gasteiger partial charge in [-0.15, -0.1) is 0 Å². The molecule has 1 aliphatic carbocycles. The van der Waals surface area contributed by atoms with Crippen molar-refractivity contribution in [2.45, 2.75) is 52.9 Å². The second-order valence-corrected chi connectivity index (χ2v) is 7.48. The number of nitrogens with zero attached hydrogens (tertiary/aromatic N) is 1. The third kappa shape index (κ3) is 3.61. The molecule has 6 nitrogen and oxygen atoms in total. The smallest absolute Gasteiger partial charge is 0.341 e. The summed E-state index contributed by atoms with van der Waals surface area (Å²) in [4.78, 5) is 31.1. The van der Waals surface area contributed by atoms with E-state index in [1.54, 1.807) is 0 Å². The van der Waals surface area contributed by atoms with Crippen LogP contribution in [0.4, 0.5) is 0 Å². The number of H-pyrrole nitrogens is 1. The Morgan fingerprint density at radius 3 is 2.78 bits per heavy atom. The van der Waals surface area contributed by atoms with Crippen LogP contribution in [-0.4, -0.2) is 27.7 Å². The Bertz CT molecular complexity index is 931. The van der Waals surface area contributed by atoms with Crippen molar-refractivity contribution in [2.24, 2.45) is 5.92 Å². The van der Waals surface area contributed by atoms with Crippen LogP contribution in [0.5, 0.6) is 5.75 Å². The third-order valence-corrected chi connectivity index (χ3v) is 5.18. The highest BCUT2D eigenvalue weighted by atomic mass is 16.5. The molecule has 0 bridgehead atoms. The lowest BCUT2D eigenvalue weighted by atomic mass is 9.77. The first-order chi connectivity index (χ1) is 12.8. The Morgan fingerprint density at radius 1 is 1.41 bits per heavy atom. The first-order valence-corrected chi connectivity index (χ1v) is 9.47. The number of pyridine rings is 2. The lowest BCUT2D eigenvalue weighted by Crippen LogP contribution is -2.25. The minimum absolute atomic E-state index is 0.107. The molecule has 0 amide bonds. The monoisotopic (exact) mass is 370 g/mol. The Labute approximate surface area is 158 Å². The number of aromatic nitrogens is 2. The molecule has 144 valence electrons. The molecule has 0 saturated carbocycles. The number of ether oxygens (including phenoxy) is 1. The normalized spacial score (nSPS) is 15.4. The Kier molecular flexibility index (Phi) is 5.35. The summed E-state index contributed by atoms with van der Waals surface area (Å²) in [6.45, 7) is 8.87. The number of nitrogens with one attached hydrogen (secondary N) is 1. The number of carbonyl (C=O) groups is 1. The van der Waals surface area contributed by atoms with Crippen LogP contribution in [0.2, 0.25) is 0 Å². The lowest BCUT2D eigenvalue weighted by Gasteiger charge is -2.30. The van der Waals surface area contributed by atoms with Crippen molar-refractivity contribution >= 4 is 5.97 Å². The molecule has 1 unspecified atom stereocenters. The van der Waals surface area contributed by atoms with E-state index in [0.717, 1.165) is 47.5 Å². The van der Waals surface area contributed by atoms with Crippen LogP contribution in [0.15, 0.2) is 16.9 Å². The summed E-state index contributed by atoms with van der Waals surface area (Å²) in [6.07, 6.45) is 2.79. The molecule has 0 aliphatic heterocycles. The molecule has 2 aromatic rings. The van der Waals surface area contributed by atoms with Gasteiger partial charge < -0.3 is 14.8 Å². The van der Waals surface area contributed by atoms with Crippen molar-refractivity contribution in [3.63, 3.8) is 0 Å². The number of hydrogen-bond acceptors (Lipinski definition) is 4. The largest absolute Gasteiger partial charge is 0.492 e. The van der Waals surface area contributed by atoms with E-state index in [2.05, 4.69) is 25.8 Å². The van der Waals surface area contributed by atoms with Crippen molar-refractivity contribution in [1.29, 1.82) is 0 Å². The predicted molar refractivity (Wildman–Crippen MR) is 104 cm³/mol. The summed E-state index contributed by atoms with van der Waals surface area (Å²) in [6, 6.07) is 3.54. The zero-order chi connectivity index (χ0) is 19.7. The summed E-state index contributed by atoms with van der Waals surface area (Å²) >= 11 is 0. The third-order valence-electron chi connectivity index (χ3n) is 5.18. The van der Waals surface area contributed by atoms with E-state index < -0.39 is 11.5 Å². The van der Waals surface area contributed by atoms with Crippen molar-refractivity contribution in [2.75, 3.05) is 6.61 Å². The highest BCUT2D eigenvalue weighted by molar-refractivity contribution is 5.88. The van der Waals surface area contributed by atoms with Crippen LogP contribution in [0.3, 0.4) is 0 Å². The van der Waals surface area contributed by atoms with Gasteiger partial charge in [-0.05, 0) is 54.9 Å². The Balaban J connectivity index is 2.14. The number of rotatable bonds is 6. The molecule has 6 heteroatoms. The van der Waals surface area contributed by atoms with Gasteiger partial charge >= 0.3 is 5.97 Å². The molecular formula is C21H26N2O4. The number of aromatic amines is 1. The molecule has 2 heterocycles. The first-order valence-electron chi connectivity index (χ1n) is 9.47. The number of unbranched alkanes of at least 4 members (excludes halogenated alkanes) is 1. The molecule has 0 aromatic carbocycles. The summed E-state index contributed by atoms with van der Waals surface area (Å²) < 4.78 is 5.89. The SMILES string of the molecule is CCCCOc1cc2c(nc1C)-c1[nH]c(=O)c(C(=O)O)cc1C(C(C)C)C2. The molecule has 0 fully saturated rings. The van der Waals surface area contributed by atoms with Crippen LogP contribution < -0.4 is 10.3 Å². The van der Waals surface area contributed by atoms with E-state index in [1.807, 2.05) is 13.0 Å². The summed E-state index contributed by atoms with van der Waals surface area (Å²) in [5.74, 6) is -0.0421. The second kappa shape index (κ2) is 7.55. The highest BCUT2D eigenvalue weighted by Gasteiger charge is 2.31. The standard InChI is InChI=1S/C21H26N2O4/c1-5-6-7-27-17-9-13-8-14(11(2)3)15-10-16(21(25)26)20(24)23-19(15)18(13)22-12(17)4/h9-11,14H,5-8H2,1-4H3,(H,23,24)(H,25,26). The van der Waals surface area contributed by atoms with E-state index >= 15 is 0 Å². The van der Waals surface area contributed by atoms with Crippen LogP contribution in [-0.2, 0) is 6.42 Å². The average molecular weight is 370 g/mol. The summed E-state index contributed by atoms with van der Waals surface area (Å²) in [5, 5.41) is 9.32. The molecule has 3 rings (SSSR count). The van der Waals surface area contributed by atoms with Crippen LogP contribution >= 0.6 is 0 Å². The highest BCUT2D eigenvalue weighted by Crippen LogP contribution is 2.42. The van der Waals surface area contributed by atoms with Gasteiger partial charge in [-0.3, -0.25) is 4.79 Å². The van der Waals surface area contributed by atoms with Gasteiger partial charge in [0.05, 0.1) is 23.7 Å². The lowest BCUT2D eigenvalue weighted by molar-refractivity contribution is 0.0694. The predicted octanol–water partition coefficient (Wildman–Crippen LogP) is 3.92. The maximum atomic E-state index is 12.3. The quantitative estimate of drug-likeness (QED) is 0.752. The van der Waals surface area contributed by atoms with E-state index in [1.165, 1.54) is 6.07 Å². The maximum absolute atomic E-state index is 12.3. The molecule has 1 aliphatic rings. The van der Waals surface area contributed by atoms with Crippen LogP contribution in [0.1, 0.15) is 66.7 Å². The number of aromatic carboxylic acids is 1. The maximum Gasteiger partial charge on any atom is 0.341 e. The molecule has 2 N–H and O–H groups in total. The fraction of sp³-hybridized carbons (Fsp3) is 0.476. The fourth-order valence-electron chi connectivity index (χ4n) is 3.61. The minimum atomic E-state index is -1.21. The van der Waals surface area contributed by atoms with Crippen LogP contribution in [0, 0.1) is 12.8 Å². The number of hydrogen-bond donors (Lipinski definition) is 2. The van der Waals surface area contributed by atoms with Crippen molar-refractivity contribution in [1.82, 2.24) is 9.97 Å². The molecular weight excluding hydrogens is 344 g/mol. The summed E-state index contributed by atoms with van der Waals surface area (Å²) in [7, 11) is 0. The number of carboxylic acids is 1. The van der Waals surface area contributed by atoms with Crippen molar-refractivity contribution < 1.29 is 14.6 Å². The van der Waals surface area contributed by atoms with E-state index in [9.17, 15) is 14.7 Å². The molecule has 1 atom stereocenters. The van der Waals surface area contributed by atoms with E-state index in [4.69, 9.17) is 9.72 Å². The molecule has 27 heavy (non-hydrogen) atoms. The first kappa shape index (κ1) is 19.1. The van der Waals surface area contributed by atoms with Crippen LogP contribution in [0.25, 0.3) is 11.4 Å². The van der Waals surface area contributed by atoms with Gasteiger partial charge in [0.25, 0.3) is 5.56 Å². The fourth-order valence-corrected chi connectivity index (χ4v) is 3.61. The minimum Gasteiger partial charge on any atom is -0.492 e. The summed E-state index contributed by atoms with van der Waals surface area (Å²) in [5.41, 5.74) is 3.17. The molecule has 2 aromatic heterocycles. The van der Waals surface area contributed by atoms with E-state index in [-0.39, 0.29) is 17.4 Å². The number of carboxylic acid groups (broad SMARTS) is 1. The number of aryl methyl sites for hydroxylation is 1. The Morgan fingerprint density at radius 2 is 2.15 bits per heavy atom. The zero-order valence-corrected chi connectivity index (χ0v) is 16.3. The average Bonchev–Trinajstić information content (AvgIpc) is 2.61. The van der Waals surface area contributed by atoms with Gasteiger partial charge in [-0.1, -0.05) is 27.2 Å². The topological polar surface area (TPSA) is 92.3 Å².